The summed E-state index contributed by atoms with van der Waals surface area (Å²) in [5.41, 5.74) is 4.51. The Morgan fingerprint density at radius 2 is 1.65 bits per heavy atom. The van der Waals surface area contributed by atoms with Gasteiger partial charge in [-0.05, 0) is 53.2 Å². The molecule has 1 fully saturated rings. The quantitative estimate of drug-likeness (QED) is 0.536. The molecule has 1 amide bonds. The highest BCUT2D eigenvalue weighted by Gasteiger charge is 2.39. The van der Waals surface area contributed by atoms with Gasteiger partial charge < -0.3 is 4.74 Å². The van der Waals surface area contributed by atoms with Crippen LogP contribution in [0.25, 0.3) is 11.1 Å². The molecule has 5 nitrogen and oxygen atoms in total. The molecular formula is C20H24N2O3S. The molecule has 0 atom stereocenters. The minimum atomic E-state index is -0.686. The van der Waals surface area contributed by atoms with Gasteiger partial charge in [0.25, 0.3) is 5.91 Å². The molecule has 1 heterocycles. The van der Waals surface area contributed by atoms with E-state index in [1.54, 1.807) is 7.11 Å². The van der Waals surface area contributed by atoms with Crippen LogP contribution in [0.3, 0.4) is 0 Å². The maximum atomic E-state index is 12.2. The molecule has 138 valence electrons. The monoisotopic (exact) mass is 372 g/mol. The molecule has 0 saturated carbocycles. The SMILES string of the molecule is COc1ccc(-c2ccc(CNC3(C(=O)NO)CCSCC3)cc2)cc1. The van der Waals surface area contributed by atoms with Crippen LogP contribution in [0.15, 0.2) is 48.5 Å². The van der Waals surface area contributed by atoms with E-state index >= 15 is 0 Å². The summed E-state index contributed by atoms with van der Waals surface area (Å²) in [7, 11) is 1.66. The van der Waals surface area contributed by atoms with Crippen LogP contribution >= 0.6 is 11.8 Å². The lowest BCUT2D eigenvalue weighted by Gasteiger charge is -2.35. The van der Waals surface area contributed by atoms with E-state index in [-0.39, 0.29) is 5.91 Å². The van der Waals surface area contributed by atoms with E-state index in [0.29, 0.717) is 19.4 Å². The number of carbonyl (C=O) groups is 1. The van der Waals surface area contributed by atoms with Crippen molar-refractivity contribution in [2.75, 3.05) is 18.6 Å². The van der Waals surface area contributed by atoms with Gasteiger partial charge in [0, 0.05) is 6.54 Å². The van der Waals surface area contributed by atoms with E-state index in [4.69, 9.17) is 9.94 Å². The molecule has 0 radical (unpaired) electrons. The van der Waals surface area contributed by atoms with Crippen molar-refractivity contribution >= 4 is 17.7 Å². The predicted octanol–water partition coefficient (Wildman–Crippen LogP) is 3.22. The Bertz CT molecular complexity index is 726. The summed E-state index contributed by atoms with van der Waals surface area (Å²) in [6.45, 7) is 0.584. The van der Waals surface area contributed by atoms with Crippen molar-refractivity contribution in [2.45, 2.75) is 24.9 Å². The summed E-state index contributed by atoms with van der Waals surface area (Å²) in [5.74, 6) is 2.33. The molecule has 1 aliphatic rings. The Morgan fingerprint density at radius 1 is 1.08 bits per heavy atom. The number of hydrogen-bond donors (Lipinski definition) is 3. The molecule has 2 aromatic carbocycles. The van der Waals surface area contributed by atoms with Crippen LogP contribution in [0.1, 0.15) is 18.4 Å². The second-order valence-corrected chi connectivity index (χ2v) is 7.64. The molecule has 0 spiro atoms. The molecule has 0 aliphatic carbocycles. The van der Waals surface area contributed by atoms with Crippen LogP contribution in [-0.2, 0) is 11.3 Å². The van der Waals surface area contributed by atoms with Crippen LogP contribution in [-0.4, -0.2) is 35.3 Å². The first-order valence-corrected chi connectivity index (χ1v) is 9.83. The molecule has 2 aromatic rings. The van der Waals surface area contributed by atoms with Crippen LogP contribution in [0.5, 0.6) is 5.75 Å². The first-order chi connectivity index (χ1) is 12.7. The zero-order chi connectivity index (χ0) is 18.4. The summed E-state index contributed by atoms with van der Waals surface area (Å²) in [6, 6.07) is 16.2. The van der Waals surface area contributed by atoms with Crippen molar-refractivity contribution in [3.05, 3.63) is 54.1 Å². The molecule has 26 heavy (non-hydrogen) atoms. The number of nitrogens with one attached hydrogen (secondary N) is 2. The fraction of sp³-hybridized carbons (Fsp3) is 0.350. The lowest BCUT2D eigenvalue weighted by atomic mass is 9.91. The second-order valence-electron chi connectivity index (χ2n) is 6.41. The van der Waals surface area contributed by atoms with Gasteiger partial charge in [-0.2, -0.15) is 11.8 Å². The third-order valence-corrected chi connectivity index (χ3v) is 5.88. The molecule has 0 aromatic heterocycles. The van der Waals surface area contributed by atoms with Crippen molar-refractivity contribution in [1.82, 2.24) is 10.8 Å². The van der Waals surface area contributed by atoms with Gasteiger partial charge in [0.2, 0.25) is 0 Å². The first kappa shape index (κ1) is 18.8. The minimum absolute atomic E-state index is 0.340. The van der Waals surface area contributed by atoms with E-state index in [1.807, 2.05) is 41.5 Å². The Balaban J connectivity index is 1.67. The number of hydroxylamine groups is 1. The topological polar surface area (TPSA) is 70.6 Å². The highest BCUT2D eigenvalue weighted by molar-refractivity contribution is 7.99. The number of rotatable bonds is 6. The highest BCUT2D eigenvalue weighted by atomic mass is 32.2. The van der Waals surface area contributed by atoms with Crippen molar-refractivity contribution in [1.29, 1.82) is 0 Å². The van der Waals surface area contributed by atoms with Gasteiger partial charge in [0.1, 0.15) is 11.3 Å². The van der Waals surface area contributed by atoms with Crippen molar-refractivity contribution < 1.29 is 14.7 Å². The van der Waals surface area contributed by atoms with Crippen molar-refractivity contribution in [2.24, 2.45) is 0 Å². The van der Waals surface area contributed by atoms with Crippen molar-refractivity contribution in [3.8, 4) is 16.9 Å². The van der Waals surface area contributed by atoms with Gasteiger partial charge in [-0.25, -0.2) is 5.48 Å². The molecule has 3 N–H and O–H groups in total. The summed E-state index contributed by atoms with van der Waals surface area (Å²) in [4.78, 5) is 12.2. The Kier molecular flexibility index (Phi) is 6.19. The number of methoxy groups -OCH3 is 1. The molecule has 6 heteroatoms. The van der Waals surface area contributed by atoms with E-state index < -0.39 is 5.54 Å². The zero-order valence-electron chi connectivity index (χ0n) is 14.8. The number of amides is 1. The summed E-state index contributed by atoms with van der Waals surface area (Å²) < 4.78 is 5.19. The molecular weight excluding hydrogens is 348 g/mol. The average Bonchev–Trinajstić information content (AvgIpc) is 2.73. The summed E-state index contributed by atoms with van der Waals surface area (Å²) >= 11 is 1.84. The maximum absolute atomic E-state index is 12.2. The Hall–Kier alpha value is -2.02. The third kappa shape index (κ3) is 4.20. The zero-order valence-corrected chi connectivity index (χ0v) is 15.6. The normalized spacial score (nSPS) is 16.1. The largest absolute Gasteiger partial charge is 0.497 e. The number of carbonyl (C=O) groups excluding carboxylic acids is 1. The van der Waals surface area contributed by atoms with Crippen LogP contribution in [0, 0.1) is 0 Å². The molecule has 0 unspecified atom stereocenters. The van der Waals surface area contributed by atoms with Crippen molar-refractivity contribution in [3.63, 3.8) is 0 Å². The van der Waals surface area contributed by atoms with E-state index in [1.165, 1.54) is 0 Å². The van der Waals surface area contributed by atoms with Gasteiger partial charge >= 0.3 is 0 Å². The summed E-state index contributed by atoms with van der Waals surface area (Å²) in [6.07, 6.45) is 1.43. The molecule has 1 aliphatic heterocycles. The van der Waals surface area contributed by atoms with E-state index in [9.17, 15) is 4.79 Å². The first-order valence-electron chi connectivity index (χ1n) is 8.67. The average molecular weight is 372 g/mol. The summed E-state index contributed by atoms with van der Waals surface area (Å²) in [5, 5.41) is 12.5. The fourth-order valence-electron chi connectivity index (χ4n) is 3.18. The number of benzene rings is 2. The van der Waals surface area contributed by atoms with E-state index in [0.717, 1.165) is 33.9 Å². The molecule has 0 bridgehead atoms. The smallest absolute Gasteiger partial charge is 0.263 e. The lowest BCUT2D eigenvalue weighted by Crippen LogP contribution is -2.58. The van der Waals surface area contributed by atoms with Crippen LogP contribution in [0.2, 0.25) is 0 Å². The maximum Gasteiger partial charge on any atom is 0.263 e. The van der Waals surface area contributed by atoms with Gasteiger partial charge in [-0.15, -0.1) is 0 Å². The standard InChI is InChI=1S/C20H24N2O3S/c1-25-18-8-6-17(7-9-18)16-4-2-15(3-5-16)14-21-20(19(23)22-24)10-12-26-13-11-20/h2-9,21,24H,10-14H2,1H3,(H,22,23). The van der Waals surface area contributed by atoms with Gasteiger partial charge in [-0.1, -0.05) is 36.4 Å². The molecule has 1 saturated heterocycles. The van der Waals surface area contributed by atoms with Gasteiger partial charge in [0.15, 0.2) is 0 Å². The van der Waals surface area contributed by atoms with E-state index in [2.05, 4.69) is 29.6 Å². The number of hydrogen-bond acceptors (Lipinski definition) is 5. The lowest BCUT2D eigenvalue weighted by molar-refractivity contribution is -0.136. The van der Waals surface area contributed by atoms with Gasteiger partial charge in [0.05, 0.1) is 7.11 Å². The second kappa shape index (κ2) is 8.58. The Labute approximate surface area is 158 Å². The predicted molar refractivity (Wildman–Crippen MR) is 104 cm³/mol. The molecule has 3 rings (SSSR count). The van der Waals surface area contributed by atoms with Gasteiger partial charge in [-0.3, -0.25) is 15.3 Å². The number of thioether (sulfide) groups is 1. The minimum Gasteiger partial charge on any atom is -0.497 e. The Morgan fingerprint density at radius 3 is 2.19 bits per heavy atom. The number of ether oxygens (including phenoxy) is 1. The third-order valence-electron chi connectivity index (χ3n) is 4.89. The van der Waals surface area contributed by atoms with Crippen LogP contribution in [0.4, 0.5) is 0 Å². The fourth-order valence-corrected chi connectivity index (χ4v) is 4.37. The van der Waals surface area contributed by atoms with Crippen LogP contribution < -0.4 is 15.5 Å². The highest BCUT2D eigenvalue weighted by Crippen LogP contribution is 2.28.